The lowest BCUT2D eigenvalue weighted by Crippen LogP contribution is -2.53. The van der Waals surface area contributed by atoms with Crippen molar-refractivity contribution in [2.45, 2.75) is 50.2 Å². The molecule has 0 unspecified atom stereocenters. The molecule has 1 aliphatic carbocycles. The van der Waals surface area contributed by atoms with Crippen molar-refractivity contribution in [3.8, 4) is 0 Å². The standard InChI is InChI=1S/C22H35N5OS/c1-3-23-21(27-15-16-29-22(18-27)11-6-4-7-12-22)25-17-20(28)26(2)14-10-19-9-5-8-13-24-19/h5,8-9,13H,3-4,6-7,10-12,14-18H2,1-2H3,(H,23,25). The zero-order chi connectivity index (χ0) is 20.5. The van der Waals surface area contributed by atoms with Crippen LogP contribution in [-0.4, -0.2) is 76.9 Å². The second-order valence-corrected chi connectivity index (χ2v) is 9.63. The number of hydrogen-bond donors (Lipinski definition) is 1. The van der Waals surface area contributed by atoms with Crippen LogP contribution in [0.2, 0.25) is 0 Å². The number of aliphatic imine (C=N–C) groups is 1. The van der Waals surface area contributed by atoms with Crippen molar-refractivity contribution in [2.24, 2.45) is 4.99 Å². The summed E-state index contributed by atoms with van der Waals surface area (Å²) in [5.41, 5.74) is 1.01. The van der Waals surface area contributed by atoms with Gasteiger partial charge in [0, 0.05) is 62.0 Å². The summed E-state index contributed by atoms with van der Waals surface area (Å²) in [6.07, 6.45) is 9.22. The molecule has 2 fully saturated rings. The molecule has 7 heteroatoms. The lowest BCUT2D eigenvalue weighted by Gasteiger charge is -2.45. The Morgan fingerprint density at radius 1 is 1.34 bits per heavy atom. The molecule has 1 saturated heterocycles. The van der Waals surface area contributed by atoms with Crippen molar-refractivity contribution in [3.05, 3.63) is 30.1 Å². The molecule has 1 spiro atoms. The van der Waals surface area contributed by atoms with Gasteiger partial charge in [-0.05, 0) is 31.9 Å². The fourth-order valence-electron chi connectivity index (χ4n) is 4.17. The Bertz CT molecular complexity index is 670. The van der Waals surface area contributed by atoms with Crippen LogP contribution < -0.4 is 5.32 Å². The van der Waals surface area contributed by atoms with E-state index in [0.29, 0.717) is 11.3 Å². The second kappa shape index (κ2) is 10.9. The zero-order valence-corrected chi connectivity index (χ0v) is 18.7. The summed E-state index contributed by atoms with van der Waals surface area (Å²) >= 11 is 2.15. The zero-order valence-electron chi connectivity index (χ0n) is 17.9. The van der Waals surface area contributed by atoms with E-state index >= 15 is 0 Å². The van der Waals surface area contributed by atoms with Gasteiger partial charge in [-0.15, -0.1) is 0 Å². The van der Waals surface area contributed by atoms with E-state index in [0.717, 1.165) is 43.5 Å². The quantitative estimate of drug-likeness (QED) is 0.570. The minimum absolute atomic E-state index is 0.0510. The number of nitrogens with zero attached hydrogens (tertiary/aromatic N) is 4. The van der Waals surface area contributed by atoms with Crippen LogP contribution in [0.25, 0.3) is 0 Å². The van der Waals surface area contributed by atoms with Crippen LogP contribution in [0.4, 0.5) is 0 Å². The van der Waals surface area contributed by atoms with Crippen LogP contribution in [0, 0.1) is 0 Å². The van der Waals surface area contributed by atoms with E-state index in [9.17, 15) is 4.79 Å². The third kappa shape index (κ3) is 6.36. The van der Waals surface area contributed by atoms with Crippen molar-refractivity contribution < 1.29 is 4.79 Å². The first-order valence-corrected chi connectivity index (χ1v) is 11.9. The molecular weight excluding hydrogens is 382 g/mol. The van der Waals surface area contributed by atoms with E-state index < -0.39 is 0 Å². The van der Waals surface area contributed by atoms with Gasteiger partial charge in [-0.1, -0.05) is 25.3 Å². The Hall–Kier alpha value is -1.76. The molecule has 0 bridgehead atoms. The van der Waals surface area contributed by atoms with Gasteiger partial charge in [-0.2, -0.15) is 11.8 Å². The summed E-state index contributed by atoms with van der Waals surface area (Å²) in [4.78, 5) is 25.8. The number of amides is 1. The molecule has 0 aromatic carbocycles. The highest BCUT2D eigenvalue weighted by Crippen LogP contribution is 2.42. The molecule has 0 atom stereocenters. The molecular formula is C22H35N5OS. The van der Waals surface area contributed by atoms with Crippen molar-refractivity contribution in [1.29, 1.82) is 0 Å². The van der Waals surface area contributed by atoms with Gasteiger partial charge >= 0.3 is 0 Å². The molecule has 1 aliphatic heterocycles. The minimum Gasteiger partial charge on any atom is -0.357 e. The van der Waals surface area contributed by atoms with Gasteiger partial charge in [-0.3, -0.25) is 9.78 Å². The molecule has 1 saturated carbocycles. The maximum atomic E-state index is 12.6. The molecule has 29 heavy (non-hydrogen) atoms. The monoisotopic (exact) mass is 417 g/mol. The normalized spacial score (nSPS) is 19.2. The Morgan fingerprint density at radius 2 is 2.17 bits per heavy atom. The van der Waals surface area contributed by atoms with Gasteiger partial charge in [0.05, 0.1) is 0 Å². The third-order valence-electron chi connectivity index (χ3n) is 5.87. The first-order valence-electron chi connectivity index (χ1n) is 10.9. The molecule has 160 valence electrons. The first-order chi connectivity index (χ1) is 14.1. The molecule has 0 radical (unpaired) electrons. The van der Waals surface area contributed by atoms with E-state index in [4.69, 9.17) is 4.99 Å². The number of nitrogens with one attached hydrogen (secondary N) is 1. The molecule has 1 N–H and O–H groups in total. The number of guanidine groups is 1. The van der Waals surface area contributed by atoms with Gasteiger partial charge in [0.1, 0.15) is 6.54 Å². The molecule has 3 rings (SSSR count). The van der Waals surface area contributed by atoms with Crippen LogP contribution in [0.5, 0.6) is 0 Å². The number of carbonyl (C=O) groups is 1. The van der Waals surface area contributed by atoms with E-state index in [1.807, 2.05) is 25.2 Å². The second-order valence-electron chi connectivity index (χ2n) is 8.07. The molecule has 6 nitrogen and oxygen atoms in total. The lowest BCUT2D eigenvalue weighted by atomic mass is 9.87. The van der Waals surface area contributed by atoms with Crippen LogP contribution in [0.15, 0.2) is 29.4 Å². The fraction of sp³-hybridized carbons (Fsp3) is 0.682. The van der Waals surface area contributed by atoms with Crippen molar-refractivity contribution in [1.82, 2.24) is 20.1 Å². The SMILES string of the molecule is CCNC(=NCC(=O)N(C)CCc1ccccn1)N1CCSC2(CCCCC2)C1. The third-order valence-corrected chi connectivity index (χ3v) is 7.40. The average molecular weight is 418 g/mol. The predicted molar refractivity (Wildman–Crippen MR) is 121 cm³/mol. The van der Waals surface area contributed by atoms with Gasteiger partial charge < -0.3 is 15.1 Å². The molecule has 1 amide bonds. The summed E-state index contributed by atoms with van der Waals surface area (Å²) < 4.78 is 0.385. The van der Waals surface area contributed by atoms with Gasteiger partial charge in [0.25, 0.3) is 0 Å². The highest BCUT2D eigenvalue weighted by atomic mass is 32.2. The average Bonchev–Trinajstić information content (AvgIpc) is 2.76. The minimum atomic E-state index is 0.0510. The number of pyridine rings is 1. The largest absolute Gasteiger partial charge is 0.357 e. The molecule has 1 aromatic rings. The molecule has 2 heterocycles. The van der Waals surface area contributed by atoms with Crippen molar-refractivity contribution >= 4 is 23.6 Å². The van der Waals surface area contributed by atoms with Gasteiger partial charge in [-0.25, -0.2) is 4.99 Å². The van der Waals surface area contributed by atoms with Crippen LogP contribution >= 0.6 is 11.8 Å². The maximum Gasteiger partial charge on any atom is 0.244 e. The number of aromatic nitrogens is 1. The van der Waals surface area contributed by atoms with Gasteiger partial charge in [0.2, 0.25) is 5.91 Å². The Balaban J connectivity index is 1.55. The van der Waals surface area contributed by atoms with E-state index in [-0.39, 0.29) is 12.5 Å². The van der Waals surface area contributed by atoms with Gasteiger partial charge in [0.15, 0.2) is 5.96 Å². The summed E-state index contributed by atoms with van der Waals surface area (Å²) in [6.45, 7) is 5.81. The molecule has 1 aromatic heterocycles. The predicted octanol–water partition coefficient (Wildman–Crippen LogP) is 2.80. The van der Waals surface area contributed by atoms with Crippen LogP contribution in [-0.2, 0) is 11.2 Å². The highest BCUT2D eigenvalue weighted by molar-refractivity contribution is 8.00. The topological polar surface area (TPSA) is 60.8 Å². The van der Waals surface area contributed by atoms with Crippen LogP contribution in [0.1, 0.15) is 44.7 Å². The summed E-state index contributed by atoms with van der Waals surface area (Å²) in [5, 5.41) is 3.41. The van der Waals surface area contributed by atoms with Crippen molar-refractivity contribution in [3.63, 3.8) is 0 Å². The lowest BCUT2D eigenvalue weighted by molar-refractivity contribution is -0.128. The summed E-state index contributed by atoms with van der Waals surface area (Å²) in [5.74, 6) is 2.09. The first kappa shape index (κ1) is 21.9. The summed E-state index contributed by atoms with van der Waals surface area (Å²) in [7, 11) is 1.85. The highest BCUT2D eigenvalue weighted by Gasteiger charge is 2.38. The number of carbonyl (C=O) groups excluding carboxylic acids is 1. The fourth-order valence-corrected chi connectivity index (χ4v) is 5.74. The van der Waals surface area contributed by atoms with E-state index in [2.05, 4.69) is 33.9 Å². The smallest absolute Gasteiger partial charge is 0.244 e. The Morgan fingerprint density at radius 3 is 2.90 bits per heavy atom. The van der Waals surface area contributed by atoms with E-state index in [1.165, 1.54) is 32.1 Å². The van der Waals surface area contributed by atoms with Crippen LogP contribution in [0.3, 0.4) is 0 Å². The summed E-state index contributed by atoms with van der Waals surface area (Å²) in [6, 6.07) is 5.88. The van der Waals surface area contributed by atoms with E-state index in [1.54, 1.807) is 11.1 Å². The Kier molecular flexibility index (Phi) is 8.21. The maximum absolute atomic E-state index is 12.6. The van der Waals surface area contributed by atoms with Crippen molar-refractivity contribution in [2.75, 3.05) is 45.5 Å². The Labute approximate surface area is 179 Å². The number of rotatable bonds is 6. The number of likely N-dealkylation sites (N-methyl/N-ethyl adjacent to an activating group) is 1. The molecule has 2 aliphatic rings. The number of thioether (sulfide) groups is 1. The number of hydrogen-bond acceptors (Lipinski definition) is 4.